The van der Waals surface area contributed by atoms with Gasteiger partial charge in [0.1, 0.15) is 5.82 Å². The monoisotopic (exact) mass is 270 g/mol. The molecule has 0 bridgehead atoms. The Morgan fingerprint density at radius 2 is 2.17 bits per heavy atom. The maximum atomic E-state index is 8.87. The van der Waals surface area contributed by atoms with Crippen molar-refractivity contribution in [3.8, 4) is 0 Å². The first-order valence-corrected chi connectivity index (χ1v) is 7.51. The topological polar surface area (TPSA) is 52.5 Å². The molecule has 1 aromatic heterocycles. The Morgan fingerprint density at radius 1 is 1.28 bits per heavy atom. The third kappa shape index (κ3) is 3.63. The standard InChI is InChI=1S/C12H22N4OS/c1-2-11-13-12(18-14-11)16-7-3-5-15(8-9-16)6-4-10-17/h17H,2-10H2,1H3. The van der Waals surface area contributed by atoms with Crippen LogP contribution in [0.4, 0.5) is 5.13 Å². The maximum Gasteiger partial charge on any atom is 0.205 e. The van der Waals surface area contributed by atoms with E-state index in [0.29, 0.717) is 0 Å². The van der Waals surface area contributed by atoms with Crippen LogP contribution >= 0.6 is 11.5 Å². The maximum absolute atomic E-state index is 8.87. The van der Waals surface area contributed by atoms with E-state index >= 15 is 0 Å². The van der Waals surface area contributed by atoms with Crippen molar-refractivity contribution in [2.24, 2.45) is 0 Å². The van der Waals surface area contributed by atoms with E-state index in [9.17, 15) is 0 Å². The van der Waals surface area contributed by atoms with Crippen molar-refractivity contribution in [1.29, 1.82) is 0 Å². The highest BCUT2D eigenvalue weighted by Gasteiger charge is 2.17. The van der Waals surface area contributed by atoms with E-state index in [1.165, 1.54) is 11.5 Å². The van der Waals surface area contributed by atoms with Gasteiger partial charge in [-0.15, -0.1) is 0 Å². The van der Waals surface area contributed by atoms with Crippen LogP contribution in [0.3, 0.4) is 0 Å². The molecule has 0 aliphatic carbocycles. The van der Waals surface area contributed by atoms with E-state index in [1.807, 2.05) is 0 Å². The molecule has 6 heteroatoms. The van der Waals surface area contributed by atoms with Gasteiger partial charge in [-0.2, -0.15) is 4.37 Å². The molecule has 2 rings (SSSR count). The Balaban J connectivity index is 1.88. The Labute approximate surface area is 113 Å². The number of aryl methyl sites for hydroxylation is 1. The van der Waals surface area contributed by atoms with Crippen molar-refractivity contribution < 1.29 is 5.11 Å². The molecule has 0 saturated carbocycles. The lowest BCUT2D eigenvalue weighted by Crippen LogP contribution is -2.31. The van der Waals surface area contributed by atoms with Gasteiger partial charge in [0.2, 0.25) is 5.13 Å². The van der Waals surface area contributed by atoms with E-state index in [4.69, 9.17) is 5.11 Å². The predicted octanol–water partition coefficient (Wildman–Crippen LogP) is 0.995. The molecular formula is C12H22N4OS. The van der Waals surface area contributed by atoms with Gasteiger partial charge in [0, 0.05) is 50.7 Å². The lowest BCUT2D eigenvalue weighted by molar-refractivity contribution is 0.232. The number of aliphatic hydroxyl groups is 1. The molecular weight excluding hydrogens is 248 g/mol. The second-order valence-electron chi connectivity index (χ2n) is 4.61. The van der Waals surface area contributed by atoms with Crippen LogP contribution in [-0.2, 0) is 6.42 Å². The van der Waals surface area contributed by atoms with E-state index < -0.39 is 0 Å². The van der Waals surface area contributed by atoms with E-state index in [2.05, 4.69) is 26.1 Å². The molecule has 1 aliphatic rings. The van der Waals surface area contributed by atoms with Gasteiger partial charge in [-0.3, -0.25) is 0 Å². The van der Waals surface area contributed by atoms with Gasteiger partial charge in [0.05, 0.1) is 0 Å². The third-order valence-corrected chi connectivity index (χ3v) is 4.08. The van der Waals surface area contributed by atoms with Crippen LogP contribution in [0.1, 0.15) is 25.6 Å². The summed E-state index contributed by atoms with van der Waals surface area (Å²) >= 11 is 1.52. The molecule has 1 aromatic rings. The number of anilines is 1. The molecule has 102 valence electrons. The summed E-state index contributed by atoms with van der Waals surface area (Å²) in [6, 6.07) is 0. The fourth-order valence-corrected chi connectivity index (χ4v) is 3.00. The van der Waals surface area contributed by atoms with E-state index in [1.54, 1.807) is 0 Å². The SMILES string of the molecule is CCc1nsc(N2CCCN(CCCO)CC2)n1. The van der Waals surface area contributed by atoms with Crippen LogP contribution in [0.15, 0.2) is 0 Å². The minimum absolute atomic E-state index is 0.288. The lowest BCUT2D eigenvalue weighted by Gasteiger charge is -2.20. The first kappa shape index (κ1) is 13.7. The average Bonchev–Trinajstić information content (AvgIpc) is 2.75. The van der Waals surface area contributed by atoms with Gasteiger partial charge >= 0.3 is 0 Å². The minimum Gasteiger partial charge on any atom is -0.396 e. The molecule has 0 unspecified atom stereocenters. The van der Waals surface area contributed by atoms with E-state index in [0.717, 1.165) is 62.9 Å². The first-order chi connectivity index (χ1) is 8.83. The zero-order valence-corrected chi connectivity index (χ0v) is 11.8. The van der Waals surface area contributed by atoms with Gasteiger partial charge in [-0.1, -0.05) is 6.92 Å². The van der Waals surface area contributed by atoms with Crippen molar-refractivity contribution in [1.82, 2.24) is 14.3 Å². The number of hydrogen-bond acceptors (Lipinski definition) is 6. The minimum atomic E-state index is 0.288. The molecule has 2 heterocycles. The largest absolute Gasteiger partial charge is 0.396 e. The van der Waals surface area contributed by atoms with Crippen molar-refractivity contribution in [2.75, 3.05) is 44.2 Å². The predicted molar refractivity (Wildman–Crippen MR) is 74.3 cm³/mol. The van der Waals surface area contributed by atoms with Gasteiger partial charge < -0.3 is 14.9 Å². The molecule has 1 fully saturated rings. The molecule has 0 radical (unpaired) electrons. The van der Waals surface area contributed by atoms with Crippen LogP contribution < -0.4 is 4.90 Å². The van der Waals surface area contributed by atoms with Crippen molar-refractivity contribution in [3.05, 3.63) is 5.82 Å². The molecule has 0 spiro atoms. The Bertz CT molecular complexity index is 358. The van der Waals surface area contributed by atoms with Crippen molar-refractivity contribution >= 4 is 16.7 Å². The second kappa shape index (κ2) is 7.01. The van der Waals surface area contributed by atoms with Crippen LogP contribution in [0.25, 0.3) is 0 Å². The summed E-state index contributed by atoms with van der Waals surface area (Å²) < 4.78 is 4.35. The van der Waals surface area contributed by atoms with E-state index in [-0.39, 0.29) is 6.61 Å². The molecule has 0 aromatic carbocycles. The third-order valence-electron chi connectivity index (χ3n) is 3.27. The van der Waals surface area contributed by atoms with Gasteiger partial charge in [0.15, 0.2) is 0 Å². The van der Waals surface area contributed by atoms with Crippen molar-refractivity contribution in [2.45, 2.75) is 26.2 Å². The Hall–Kier alpha value is -0.720. The summed E-state index contributed by atoms with van der Waals surface area (Å²) in [7, 11) is 0. The average molecular weight is 270 g/mol. The van der Waals surface area contributed by atoms with Gasteiger partial charge in [0.25, 0.3) is 0 Å². The van der Waals surface area contributed by atoms with Crippen LogP contribution in [0.2, 0.25) is 0 Å². The number of aliphatic hydroxyl groups excluding tert-OH is 1. The zero-order valence-electron chi connectivity index (χ0n) is 11.0. The summed E-state index contributed by atoms with van der Waals surface area (Å²) in [5.74, 6) is 0.955. The highest BCUT2D eigenvalue weighted by Crippen LogP contribution is 2.19. The van der Waals surface area contributed by atoms with Crippen LogP contribution in [0.5, 0.6) is 0 Å². The summed E-state index contributed by atoms with van der Waals surface area (Å²) in [4.78, 5) is 9.33. The summed E-state index contributed by atoms with van der Waals surface area (Å²) in [6.45, 7) is 7.64. The highest BCUT2D eigenvalue weighted by atomic mass is 32.1. The molecule has 18 heavy (non-hydrogen) atoms. The molecule has 0 atom stereocenters. The number of rotatable bonds is 5. The lowest BCUT2D eigenvalue weighted by atomic mass is 10.3. The number of aromatic nitrogens is 2. The fraction of sp³-hybridized carbons (Fsp3) is 0.833. The molecule has 1 N–H and O–H groups in total. The summed E-state index contributed by atoms with van der Waals surface area (Å²) in [5, 5.41) is 9.94. The second-order valence-corrected chi connectivity index (χ2v) is 5.34. The van der Waals surface area contributed by atoms with Crippen LogP contribution in [0, 0.1) is 0 Å². The smallest absolute Gasteiger partial charge is 0.205 e. The van der Waals surface area contributed by atoms with Crippen LogP contribution in [-0.4, -0.2) is 58.7 Å². The van der Waals surface area contributed by atoms with Crippen molar-refractivity contribution in [3.63, 3.8) is 0 Å². The summed E-state index contributed by atoms with van der Waals surface area (Å²) in [5.41, 5.74) is 0. The molecule has 5 nitrogen and oxygen atoms in total. The number of nitrogens with zero attached hydrogens (tertiary/aromatic N) is 4. The zero-order chi connectivity index (χ0) is 12.8. The number of hydrogen-bond donors (Lipinski definition) is 1. The fourth-order valence-electron chi connectivity index (χ4n) is 2.20. The highest BCUT2D eigenvalue weighted by molar-refractivity contribution is 7.09. The Morgan fingerprint density at radius 3 is 2.89 bits per heavy atom. The Kier molecular flexibility index (Phi) is 5.34. The van der Waals surface area contributed by atoms with Gasteiger partial charge in [-0.05, 0) is 19.4 Å². The summed E-state index contributed by atoms with van der Waals surface area (Å²) in [6.07, 6.45) is 2.94. The first-order valence-electron chi connectivity index (χ1n) is 6.74. The molecule has 1 saturated heterocycles. The molecule has 0 amide bonds. The quantitative estimate of drug-likeness (QED) is 0.865. The normalized spacial score (nSPS) is 18.0. The van der Waals surface area contributed by atoms with Gasteiger partial charge in [-0.25, -0.2) is 4.98 Å². The molecule has 1 aliphatic heterocycles.